The Kier molecular flexibility index (Phi) is 6.73. The summed E-state index contributed by atoms with van der Waals surface area (Å²) in [7, 11) is 0. The number of β-lactam (4-membered cyclic amide) rings is 1. The maximum Gasteiger partial charge on any atom is 0.353 e. The summed E-state index contributed by atoms with van der Waals surface area (Å²) in [6, 6.07) is 9.48. The van der Waals surface area contributed by atoms with E-state index in [4.69, 9.17) is 0 Å². The number of carbonyl (C=O) groups excluding carboxylic acids is 2. The Bertz CT molecular complexity index is 1430. The summed E-state index contributed by atoms with van der Waals surface area (Å²) in [6.45, 7) is -0.150. The molecule has 35 heavy (non-hydrogen) atoms. The third-order valence-electron chi connectivity index (χ3n) is 5.54. The number of benzene rings is 1. The van der Waals surface area contributed by atoms with E-state index in [1.165, 1.54) is 45.4 Å². The van der Waals surface area contributed by atoms with Gasteiger partial charge in [0.1, 0.15) is 17.1 Å². The maximum atomic E-state index is 12.9. The summed E-state index contributed by atoms with van der Waals surface area (Å²) >= 11 is 5.32. The van der Waals surface area contributed by atoms with Crippen molar-refractivity contribution in [3.05, 3.63) is 73.0 Å². The second-order valence-electron chi connectivity index (χ2n) is 7.81. The highest BCUT2D eigenvalue weighted by Crippen LogP contribution is 2.46. The second-order valence-corrected chi connectivity index (χ2v) is 12.4. The van der Waals surface area contributed by atoms with Gasteiger partial charge in [0.05, 0.1) is 17.2 Å². The summed E-state index contributed by atoms with van der Waals surface area (Å²) in [6.07, 6.45) is 0.167. The predicted molar refractivity (Wildman–Crippen MR) is 138 cm³/mol. The largest absolute Gasteiger partial charge is 0.477 e. The normalized spacial score (nSPS) is 19.5. The molecule has 2 atom stereocenters. The van der Waals surface area contributed by atoms with Crippen LogP contribution < -0.4 is 10.7 Å². The van der Waals surface area contributed by atoms with Gasteiger partial charge in [0.2, 0.25) is 5.91 Å². The van der Waals surface area contributed by atoms with E-state index in [1.807, 2.05) is 17.5 Å². The minimum atomic E-state index is -1.23. The Hall–Kier alpha value is -2.64. The van der Waals surface area contributed by atoms with Gasteiger partial charge in [-0.05, 0) is 29.1 Å². The van der Waals surface area contributed by atoms with E-state index < -0.39 is 23.3 Å². The molecule has 3 N–H and O–H groups in total. The molecule has 0 spiro atoms. The molecule has 12 heteroatoms. The molecule has 5 rings (SSSR count). The van der Waals surface area contributed by atoms with Gasteiger partial charge in [0.25, 0.3) is 5.91 Å². The van der Waals surface area contributed by atoms with Crippen molar-refractivity contribution in [3.63, 3.8) is 0 Å². The van der Waals surface area contributed by atoms with Crippen LogP contribution in [0, 0.1) is 0 Å². The minimum Gasteiger partial charge on any atom is -0.477 e. The van der Waals surface area contributed by atoms with Gasteiger partial charge in [-0.15, -0.1) is 34.4 Å². The van der Waals surface area contributed by atoms with E-state index in [9.17, 15) is 29.4 Å². The van der Waals surface area contributed by atoms with Crippen molar-refractivity contribution in [3.8, 4) is 0 Å². The first-order chi connectivity index (χ1) is 16.9. The van der Waals surface area contributed by atoms with E-state index in [2.05, 4.69) is 5.32 Å². The number of hydrogen-bond acceptors (Lipinski definition) is 9. The number of fused-ring (bicyclic) bond motifs is 2. The maximum absolute atomic E-state index is 12.9. The lowest BCUT2D eigenvalue weighted by molar-refractivity contribution is -0.150. The highest BCUT2D eigenvalue weighted by atomic mass is 32.2. The average Bonchev–Trinajstić information content (AvgIpc) is 3.34. The van der Waals surface area contributed by atoms with Crippen molar-refractivity contribution in [1.82, 2.24) is 10.2 Å². The average molecular weight is 547 g/mol. The molecule has 1 fully saturated rings. The molecule has 0 radical (unpaired) electrons. The van der Waals surface area contributed by atoms with Gasteiger partial charge in [-0.3, -0.25) is 19.3 Å². The second kappa shape index (κ2) is 9.78. The van der Waals surface area contributed by atoms with Crippen LogP contribution >= 0.6 is 46.2 Å². The van der Waals surface area contributed by atoms with Crippen molar-refractivity contribution in [2.45, 2.75) is 28.7 Å². The topological polar surface area (TPSA) is 124 Å². The molecule has 2 aromatic heterocycles. The molecule has 0 bridgehead atoms. The third-order valence-corrected chi connectivity index (χ3v) is 10.2. The summed E-state index contributed by atoms with van der Waals surface area (Å²) < 4.78 is 1.29. The first kappa shape index (κ1) is 24.1. The zero-order valence-corrected chi connectivity index (χ0v) is 21.2. The fraction of sp³-hybridized carbons (Fsp3) is 0.217. The molecule has 1 unspecified atom stereocenters. The molecule has 8 nitrogen and oxygen atoms in total. The zero-order chi connectivity index (χ0) is 24.7. The fourth-order valence-electron chi connectivity index (χ4n) is 3.91. The summed E-state index contributed by atoms with van der Waals surface area (Å²) in [5.41, 5.74) is 0.365. The lowest BCUT2D eigenvalue weighted by Crippen LogP contribution is -2.70. The number of rotatable bonds is 7. The molecular formula is C23H18N2O6S4. The van der Waals surface area contributed by atoms with Crippen LogP contribution in [0.25, 0.3) is 10.1 Å². The van der Waals surface area contributed by atoms with E-state index in [-0.39, 0.29) is 30.1 Å². The number of nitrogens with zero attached hydrogens (tertiary/aromatic N) is 1. The van der Waals surface area contributed by atoms with Crippen LogP contribution in [0.4, 0.5) is 0 Å². The number of hydrogen-bond donors (Lipinski definition) is 3. The molecule has 2 amide bonds. The van der Waals surface area contributed by atoms with Crippen LogP contribution in [0.2, 0.25) is 0 Å². The number of carbonyl (C=O) groups is 3. The van der Waals surface area contributed by atoms with E-state index in [0.29, 0.717) is 30.5 Å². The summed E-state index contributed by atoms with van der Waals surface area (Å²) in [5.74, 6) is -1.65. The number of nitrogens with one attached hydrogen (secondary N) is 1. The molecule has 2 aliphatic heterocycles. The van der Waals surface area contributed by atoms with E-state index in [0.717, 1.165) is 16.6 Å². The smallest absolute Gasteiger partial charge is 0.353 e. The van der Waals surface area contributed by atoms with Crippen LogP contribution in [0.3, 0.4) is 0 Å². The Labute approximate surface area is 215 Å². The zero-order valence-electron chi connectivity index (χ0n) is 17.9. The van der Waals surface area contributed by atoms with Crippen LogP contribution in [-0.4, -0.2) is 50.1 Å². The third kappa shape index (κ3) is 4.64. The van der Waals surface area contributed by atoms with E-state index in [1.54, 1.807) is 18.2 Å². The molecule has 0 aliphatic carbocycles. The number of carboxylic acid groups (broad SMARTS) is 1. The van der Waals surface area contributed by atoms with Gasteiger partial charge in [0, 0.05) is 31.7 Å². The number of thioether (sulfide) groups is 2. The van der Waals surface area contributed by atoms with Gasteiger partial charge in [-0.25, -0.2) is 4.79 Å². The number of aliphatic hydroxyl groups is 1. The summed E-state index contributed by atoms with van der Waals surface area (Å²) in [5, 5.41) is 24.0. The highest BCUT2D eigenvalue weighted by Gasteiger charge is 2.54. The van der Waals surface area contributed by atoms with Gasteiger partial charge in [0.15, 0.2) is 5.43 Å². The van der Waals surface area contributed by atoms with Gasteiger partial charge in [-0.2, -0.15) is 0 Å². The number of aliphatic carboxylic acids is 1. The SMILES string of the molecule is O=C(Cc1cccs1)NC1C(=O)N2C(C(=O)O)=C(Sc3cc(=O)c4ccc(CO)cc4s3)CS[C@@H]12. The Morgan fingerprint density at radius 2 is 2.03 bits per heavy atom. The minimum absolute atomic E-state index is 0.114. The molecule has 0 saturated carbocycles. The standard InChI is InChI=1S/C23H18N2O6S4/c26-9-11-3-4-13-14(27)8-18(34-15(13)6-11)35-16-10-33-22-19(21(29)25(22)20(16)23(30)31)24-17(28)7-12-2-1-5-32-12/h1-6,8,19,22,26H,7,9-10H2,(H,24,28)(H,30,31)/t19?,22-/m0/s1. The highest BCUT2D eigenvalue weighted by molar-refractivity contribution is 8.07. The first-order valence-corrected chi connectivity index (χ1v) is 14.0. The number of carboxylic acids is 1. The lowest BCUT2D eigenvalue weighted by Gasteiger charge is -2.49. The molecule has 1 aromatic carbocycles. The van der Waals surface area contributed by atoms with Crippen molar-refractivity contribution in [1.29, 1.82) is 0 Å². The summed E-state index contributed by atoms with van der Waals surface area (Å²) in [4.78, 5) is 52.5. The molecule has 2 aliphatic rings. The molecule has 1 saturated heterocycles. The van der Waals surface area contributed by atoms with Gasteiger partial charge in [-0.1, -0.05) is 23.9 Å². The fourth-order valence-corrected chi connectivity index (χ4v) is 8.55. The molecule has 3 aromatic rings. The monoisotopic (exact) mass is 546 g/mol. The van der Waals surface area contributed by atoms with Crippen LogP contribution in [0.5, 0.6) is 0 Å². The molecular weight excluding hydrogens is 529 g/mol. The molecule has 180 valence electrons. The van der Waals surface area contributed by atoms with Gasteiger partial charge >= 0.3 is 5.97 Å². The van der Waals surface area contributed by atoms with Crippen LogP contribution in [0.1, 0.15) is 10.4 Å². The van der Waals surface area contributed by atoms with Crippen molar-refractivity contribution in [2.24, 2.45) is 0 Å². The van der Waals surface area contributed by atoms with Crippen LogP contribution in [0.15, 0.2) is 61.4 Å². The van der Waals surface area contributed by atoms with Gasteiger partial charge < -0.3 is 15.5 Å². The van der Waals surface area contributed by atoms with E-state index >= 15 is 0 Å². The lowest BCUT2D eigenvalue weighted by atomic mass is 10.0. The number of thiophene rings is 1. The van der Waals surface area contributed by atoms with Crippen molar-refractivity contribution >= 4 is 74.1 Å². The molecule has 4 heterocycles. The number of aliphatic hydroxyl groups excluding tert-OH is 1. The first-order valence-electron chi connectivity index (χ1n) is 10.4. The predicted octanol–water partition coefficient (Wildman–Crippen LogP) is 2.85. The number of amides is 2. The van der Waals surface area contributed by atoms with Crippen molar-refractivity contribution in [2.75, 3.05) is 5.75 Å². The van der Waals surface area contributed by atoms with Crippen LogP contribution in [-0.2, 0) is 27.4 Å². The van der Waals surface area contributed by atoms with Crippen molar-refractivity contribution < 1.29 is 24.6 Å². The Balaban J connectivity index is 1.38. The Morgan fingerprint density at radius 3 is 2.74 bits per heavy atom. The quantitative estimate of drug-likeness (QED) is 0.387. The Morgan fingerprint density at radius 1 is 1.20 bits per heavy atom.